The SMILES string of the molecule is C=CCn1c(=O)c2c(ncn2Cc2ccccc2)n(-c2ccc(C(C)C)cc2)c1=O. The van der Waals surface area contributed by atoms with Crippen molar-refractivity contribution in [2.24, 2.45) is 0 Å². The molecule has 6 heteroatoms. The van der Waals surface area contributed by atoms with Gasteiger partial charge in [0.05, 0.1) is 12.0 Å². The van der Waals surface area contributed by atoms with Crippen LogP contribution in [0.25, 0.3) is 16.9 Å². The highest BCUT2D eigenvalue weighted by atomic mass is 16.2. The average molecular weight is 400 g/mol. The van der Waals surface area contributed by atoms with Gasteiger partial charge < -0.3 is 4.57 Å². The molecular weight excluding hydrogens is 376 g/mol. The molecule has 0 radical (unpaired) electrons. The molecule has 0 aliphatic rings. The molecule has 0 spiro atoms. The van der Waals surface area contributed by atoms with Crippen LogP contribution in [0.3, 0.4) is 0 Å². The molecule has 0 N–H and O–H groups in total. The lowest BCUT2D eigenvalue weighted by atomic mass is 10.0. The number of aromatic nitrogens is 4. The Balaban J connectivity index is 1.96. The van der Waals surface area contributed by atoms with E-state index in [1.807, 2.05) is 54.6 Å². The molecule has 6 nitrogen and oxygen atoms in total. The second kappa shape index (κ2) is 7.99. The number of hydrogen-bond acceptors (Lipinski definition) is 3. The largest absolute Gasteiger partial charge is 0.337 e. The summed E-state index contributed by atoms with van der Waals surface area (Å²) in [7, 11) is 0. The van der Waals surface area contributed by atoms with E-state index in [0.717, 1.165) is 5.56 Å². The number of fused-ring (bicyclic) bond motifs is 1. The van der Waals surface area contributed by atoms with Crippen molar-refractivity contribution in [1.29, 1.82) is 0 Å². The molecule has 0 unspecified atom stereocenters. The van der Waals surface area contributed by atoms with Crippen LogP contribution in [0.2, 0.25) is 0 Å². The Hall–Kier alpha value is -3.67. The van der Waals surface area contributed by atoms with Gasteiger partial charge in [-0.1, -0.05) is 62.4 Å². The van der Waals surface area contributed by atoms with Crippen LogP contribution < -0.4 is 11.2 Å². The van der Waals surface area contributed by atoms with Crippen molar-refractivity contribution in [3.05, 3.63) is 106 Å². The Morgan fingerprint density at radius 2 is 1.73 bits per heavy atom. The molecular formula is C24H24N4O2. The van der Waals surface area contributed by atoms with Gasteiger partial charge in [0, 0.05) is 13.1 Å². The van der Waals surface area contributed by atoms with Gasteiger partial charge in [-0.25, -0.2) is 14.3 Å². The van der Waals surface area contributed by atoms with E-state index < -0.39 is 5.69 Å². The minimum Gasteiger partial charge on any atom is -0.320 e. The van der Waals surface area contributed by atoms with Gasteiger partial charge in [0.2, 0.25) is 0 Å². The van der Waals surface area contributed by atoms with E-state index in [2.05, 4.69) is 25.4 Å². The molecule has 0 aliphatic carbocycles. The zero-order valence-electron chi connectivity index (χ0n) is 17.2. The molecule has 0 saturated carbocycles. The van der Waals surface area contributed by atoms with Crippen molar-refractivity contribution in [1.82, 2.24) is 18.7 Å². The quantitative estimate of drug-likeness (QED) is 0.464. The first-order valence-corrected chi connectivity index (χ1v) is 9.97. The molecule has 0 atom stereocenters. The lowest BCUT2D eigenvalue weighted by Gasteiger charge is -2.13. The zero-order chi connectivity index (χ0) is 21.3. The van der Waals surface area contributed by atoms with Crippen LogP contribution >= 0.6 is 0 Å². The van der Waals surface area contributed by atoms with Crippen LogP contribution in [0.1, 0.15) is 30.9 Å². The third-order valence-corrected chi connectivity index (χ3v) is 5.23. The molecule has 4 rings (SSSR count). The second-order valence-electron chi connectivity index (χ2n) is 7.60. The normalized spacial score (nSPS) is 11.3. The van der Waals surface area contributed by atoms with Gasteiger partial charge in [-0.2, -0.15) is 0 Å². The highest BCUT2D eigenvalue weighted by Crippen LogP contribution is 2.19. The molecule has 2 aromatic carbocycles. The molecule has 0 fully saturated rings. The maximum absolute atomic E-state index is 13.2. The smallest absolute Gasteiger partial charge is 0.320 e. The topological polar surface area (TPSA) is 61.8 Å². The lowest BCUT2D eigenvalue weighted by Crippen LogP contribution is -2.39. The minimum absolute atomic E-state index is 0.133. The third kappa shape index (κ3) is 3.41. The third-order valence-electron chi connectivity index (χ3n) is 5.23. The van der Waals surface area contributed by atoms with Crippen LogP contribution in [-0.2, 0) is 13.1 Å². The van der Waals surface area contributed by atoms with Gasteiger partial charge in [-0.05, 0) is 29.2 Å². The van der Waals surface area contributed by atoms with E-state index in [9.17, 15) is 9.59 Å². The van der Waals surface area contributed by atoms with E-state index in [0.29, 0.717) is 29.3 Å². The van der Waals surface area contributed by atoms with Gasteiger partial charge in [-0.3, -0.25) is 9.36 Å². The first kappa shape index (κ1) is 19.6. The summed E-state index contributed by atoms with van der Waals surface area (Å²) in [5.41, 5.74) is 2.87. The Labute approximate surface area is 174 Å². The predicted molar refractivity (Wildman–Crippen MR) is 119 cm³/mol. The fraction of sp³-hybridized carbons (Fsp3) is 0.208. The van der Waals surface area contributed by atoms with Gasteiger partial charge in [0.1, 0.15) is 0 Å². The van der Waals surface area contributed by atoms with Crippen molar-refractivity contribution in [3.8, 4) is 5.69 Å². The maximum atomic E-state index is 13.2. The fourth-order valence-electron chi connectivity index (χ4n) is 3.61. The fourth-order valence-corrected chi connectivity index (χ4v) is 3.61. The molecule has 152 valence electrons. The van der Waals surface area contributed by atoms with E-state index in [4.69, 9.17) is 0 Å². The second-order valence-corrected chi connectivity index (χ2v) is 7.60. The highest BCUT2D eigenvalue weighted by Gasteiger charge is 2.19. The summed E-state index contributed by atoms with van der Waals surface area (Å²) in [6.45, 7) is 8.56. The first-order chi connectivity index (χ1) is 14.5. The van der Waals surface area contributed by atoms with Crippen LogP contribution in [0.4, 0.5) is 0 Å². The molecule has 0 amide bonds. The van der Waals surface area contributed by atoms with E-state index >= 15 is 0 Å². The molecule has 2 heterocycles. The van der Waals surface area contributed by atoms with E-state index in [1.165, 1.54) is 14.7 Å². The predicted octanol–water partition coefficient (Wildman–Crippen LogP) is 3.71. The zero-order valence-corrected chi connectivity index (χ0v) is 17.2. The summed E-state index contributed by atoms with van der Waals surface area (Å²) in [5.74, 6) is 0.385. The number of imidazole rings is 1. The summed E-state index contributed by atoms with van der Waals surface area (Å²) in [4.78, 5) is 30.8. The van der Waals surface area contributed by atoms with Crippen molar-refractivity contribution < 1.29 is 0 Å². The van der Waals surface area contributed by atoms with Gasteiger partial charge in [0.25, 0.3) is 5.56 Å². The molecule has 0 aliphatic heterocycles. The summed E-state index contributed by atoms with van der Waals surface area (Å²) < 4.78 is 4.51. The molecule has 0 saturated heterocycles. The van der Waals surface area contributed by atoms with Crippen molar-refractivity contribution in [2.75, 3.05) is 0 Å². The summed E-state index contributed by atoms with van der Waals surface area (Å²) in [6, 6.07) is 17.6. The summed E-state index contributed by atoms with van der Waals surface area (Å²) in [6.07, 6.45) is 3.18. The standard InChI is InChI=1S/C24H24N4O2/c1-4-14-27-23(29)21-22(25-16-26(21)15-18-8-6-5-7-9-18)28(24(27)30)20-12-10-19(11-13-20)17(2)3/h4-13,16-17H,1,14-15H2,2-3H3. The van der Waals surface area contributed by atoms with Crippen molar-refractivity contribution >= 4 is 11.2 Å². The van der Waals surface area contributed by atoms with Crippen molar-refractivity contribution in [3.63, 3.8) is 0 Å². The van der Waals surface area contributed by atoms with Crippen LogP contribution in [-0.4, -0.2) is 18.7 Å². The highest BCUT2D eigenvalue weighted by molar-refractivity contribution is 5.72. The summed E-state index contributed by atoms with van der Waals surface area (Å²) >= 11 is 0. The van der Waals surface area contributed by atoms with Gasteiger partial charge in [0.15, 0.2) is 11.2 Å². The molecule has 2 aromatic heterocycles. The molecule has 30 heavy (non-hydrogen) atoms. The lowest BCUT2D eigenvalue weighted by molar-refractivity contribution is 0.690. The Bertz CT molecular complexity index is 1310. The van der Waals surface area contributed by atoms with Gasteiger partial charge >= 0.3 is 5.69 Å². The maximum Gasteiger partial charge on any atom is 0.337 e. The minimum atomic E-state index is -0.422. The van der Waals surface area contributed by atoms with E-state index in [1.54, 1.807) is 17.0 Å². The molecule has 4 aromatic rings. The van der Waals surface area contributed by atoms with Gasteiger partial charge in [-0.15, -0.1) is 6.58 Å². The van der Waals surface area contributed by atoms with Crippen LogP contribution in [0, 0.1) is 0 Å². The average Bonchev–Trinajstić information content (AvgIpc) is 3.15. The number of allylic oxidation sites excluding steroid dienone is 1. The molecule has 0 bridgehead atoms. The van der Waals surface area contributed by atoms with Crippen LogP contribution in [0.5, 0.6) is 0 Å². The Kier molecular flexibility index (Phi) is 5.23. The first-order valence-electron chi connectivity index (χ1n) is 9.97. The van der Waals surface area contributed by atoms with E-state index in [-0.39, 0.29) is 12.1 Å². The number of nitrogens with zero attached hydrogens (tertiary/aromatic N) is 4. The van der Waals surface area contributed by atoms with Crippen molar-refractivity contribution in [2.45, 2.75) is 32.9 Å². The number of benzene rings is 2. The number of rotatable bonds is 6. The Morgan fingerprint density at radius 3 is 2.37 bits per heavy atom. The Morgan fingerprint density at radius 1 is 1.03 bits per heavy atom. The van der Waals surface area contributed by atoms with Crippen LogP contribution in [0.15, 0.2) is 83.2 Å². The summed E-state index contributed by atoms with van der Waals surface area (Å²) in [5, 5.41) is 0. The monoisotopic (exact) mass is 400 g/mol. The number of hydrogen-bond donors (Lipinski definition) is 0.